The second-order valence-electron chi connectivity index (χ2n) is 6.44. The van der Waals surface area contributed by atoms with Crippen molar-refractivity contribution in [3.05, 3.63) is 65.1 Å². The van der Waals surface area contributed by atoms with Crippen LogP contribution in [-0.4, -0.2) is 45.4 Å². The lowest BCUT2D eigenvalue weighted by atomic mass is 10.1. The van der Waals surface area contributed by atoms with Crippen molar-refractivity contribution in [3.63, 3.8) is 0 Å². The van der Waals surface area contributed by atoms with Gasteiger partial charge in [-0.25, -0.2) is 23.2 Å². The van der Waals surface area contributed by atoms with E-state index in [1.807, 2.05) is 0 Å². The zero-order valence-corrected chi connectivity index (χ0v) is 18.1. The summed E-state index contributed by atoms with van der Waals surface area (Å²) in [6.07, 6.45) is 2.16. The molecule has 0 bridgehead atoms. The summed E-state index contributed by atoms with van der Waals surface area (Å²) < 4.78 is 43.9. The van der Waals surface area contributed by atoms with Crippen LogP contribution in [0.25, 0.3) is 10.9 Å². The number of fused-ring (bicyclic) bond motifs is 1. The summed E-state index contributed by atoms with van der Waals surface area (Å²) in [5.74, 6) is -0.899. The van der Waals surface area contributed by atoms with Crippen molar-refractivity contribution in [2.75, 3.05) is 24.2 Å². The number of methoxy groups -OCH3 is 1. The van der Waals surface area contributed by atoms with Gasteiger partial charge in [-0.1, -0.05) is 23.7 Å². The number of para-hydroxylation sites is 1. The maximum Gasteiger partial charge on any atom is 0.260 e. The minimum absolute atomic E-state index is 0.155. The minimum atomic E-state index is -3.91. The number of hydrazone groups is 1. The second-order valence-corrected chi connectivity index (χ2v) is 8.71. The third-order valence-corrected chi connectivity index (χ3v) is 5.64. The summed E-state index contributed by atoms with van der Waals surface area (Å²) in [5.41, 5.74) is 3.04. The van der Waals surface area contributed by atoms with Crippen LogP contribution in [0.1, 0.15) is 5.56 Å². The SMILES string of the molecule is COc1ccc2cc(/C=N\NC(=O)CN(c3ccccc3F)S(C)(=O)=O)c(Cl)nc2c1. The van der Waals surface area contributed by atoms with E-state index in [-0.39, 0.29) is 10.8 Å². The molecule has 0 saturated heterocycles. The number of carbonyl (C=O) groups is 1. The Bertz CT molecular complexity index is 1270. The van der Waals surface area contributed by atoms with Crippen LogP contribution in [0, 0.1) is 5.82 Å². The number of rotatable bonds is 7. The van der Waals surface area contributed by atoms with Crippen molar-refractivity contribution in [1.29, 1.82) is 0 Å². The van der Waals surface area contributed by atoms with Gasteiger partial charge in [0.1, 0.15) is 23.3 Å². The number of carbonyl (C=O) groups excluding carboxylic acids is 1. The quantitative estimate of drug-likeness (QED) is 0.329. The molecule has 1 heterocycles. The minimum Gasteiger partial charge on any atom is -0.497 e. The Morgan fingerprint density at radius 2 is 2.03 bits per heavy atom. The number of hydrogen-bond donors (Lipinski definition) is 1. The summed E-state index contributed by atoms with van der Waals surface area (Å²) in [5, 5.41) is 4.74. The third kappa shape index (κ3) is 5.47. The van der Waals surface area contributed by atoms with E-state index in [2.05, 4.69) is 15.5 Å². The molecule has 1 N–H and O–H groups in total. The number of anilines is 1. The molecule has 0 atom stereocenters. The normalized spacial score (nSPS) is 11.6. The van der Waals surface area contributed by atoms with E-state index in [1.54, 1.807) is 31.4 Å². The largest absolute Gasteiger partial charge is 0.497 e. The molecule has 3 aromatic rings. The van der Waals surface area contributed by atoms with E-state index in [9.17, 15) is 17.6 Å². The van der Waals surface area contributed by atoms with Gasteiger partial charge in [0.2, 0.25) is 10.0 Å². The van der Waals surface area contributed by atoms with Crippen LogP contribution in [0.4, 0.5) is 10.1 Å². The Balaban J connectivity index is 1.75. The molecule has 11 heteroatoms. The highest BCUT2D eigenvalue weighted by Crippen LogP contribution is 2.23. The molecule has 0 spiro atoms. The Morgan fingerprint density at radius 3 is 2.71 bits per heavy atom. The van der Waals surface area contributed by atoms with Gasteiger partial charge in [-0.05, 0) is 30.3 Å². The molecule has 0 fully saturated rings. The number of hydrogen-bond acceptors (Lipinski definition) is 6. The van der Waals surface area contributed by atoms with Crippen LogP contribution >= 0.6 is 11.6 Å². The van der Waals surface area contributed by atoms with Crippen molar-refractivity contribution >= 4 is 50.3 Å². The van der Waals surface area contributed by atoms with Crippen LogP contribution in [0.3, 0.4) is 0 Å². The molecule has 2 aromatic carbocycles. The van der Waals surface area contributed by atoms with Gasteiger partial charge in [0, 0.05) is 17.0 Å². The van der Waals surface area contributed by atoms with E-state index < -0.39 is 28.3 Å². The number of ether oxygens (including phenoxy) is 1. The van der Waals surface area contributed by atoms with E-state index in [0.717, 1.165) is 17.7 Å². The zero-order valence-electron chi connectivity index (χ0n) is 16.5. The number of pyridine rings is 1. The van der Waals surface area contributed by atoms with Crippen molar-refractivity contribution in [1.82, 2.24) is 10.4 Å². The number of halogens is 2. The van der Waals surface area contributed by atoms with Crippen LogP contribution < -0.4 is 14.5 Å². The van der Waals surface area contributed by atoms with Gasteiger partial charge in [-0.2, -0.15) is 5.10 Å². The van der Waals surface area contributed by atoms with Crippen LogP contribution in [-0.2, 0) is 14.8 Å². The maximum atomic E-state index is 14.0. The van der Waals surface area contributed by atoms with Gasteiger partial charge in [0.15, 0.2) is 0 Å². The monoisotopic (exact) mass is 464 g/mol. The highest BCUT2D eigenvalue weighted by molar-refractivity contribution is 7.92. The first kappa shape index (κ1) is 22.4. The van der Waals surface area contributed by atoms with E-state index in [1.165, 1.54) is 24.4 Å². The second kappa shape index (κ2) is 9.27. The first-order valence-electron chi connectivity index (χ1n) is 8.87. The van der Waals surface area contributed by atoms with Crippen LogP contribution in [0.2, 0.25) is 5.15 Å². The third-order valence-electron chi connectivity index (χ3n) is 4.21. The lowest BCUT2D eigenvalue weighted by Crippen LogP contribution is -2.39. The first-order valence-corrected chi connectivity index (χ1v) is 11.1. The van der Waals surface area contributed by atoms with Gasteiger partial charge < -0.3 is 4.74 Å². The van der Waals surface area contributed by atoms with Gasteiger partial charge in [-0.15, -0.1) is 0 Å². The standard InChI is InChI=1S/C20H18ClFN4O4S/c1-30-15-8-7-13-9-14(20(21)24-17(13)10-15)11-23-25-19(27)12-26(31(2,28)29)18-6-4-3-5-16(18)22/h3-11H,12H2,1-2H3,(H,25,27)/b23-11-. The Kier molecular flexibility index (Phi) is 6.71. The van der Waals surface area contributed by atoms with Crippen LogP contribution in [0.5, 0.6) is 5.75 Å². The summed E-state index contributed by atoms with van der Waals surface area (Å²) in [4.78, 5) is 16.5. The van der Waals surface area contributed by atoms with Crippen LogP contribution in [0.15, 0.2) is 53.6 Å². The number of nitrogens with one attached hydrogen (secondary N) is 1. The van der Waals surface area contributed by atoms with Crippen molar-refractivity contribution in [2.45, 2.75) is 0 Å². The molecule has 0 aliphatic rings. The topological polar surface area (TPSA) is 101 Å². The first-order chi connectivity index (χ1) is 14.7. The molecule has 0 aliphatic carbocycles. The van der Waals surface area contributed by atoms with E-state index >= 15 is 0 Å². The summed E-state index contributed by atoms with van der Waals surface area (Å²) in [7, 11) is -2.37. The molecule has 31 heavy (non-hydrogen) atoms. The summed E-state index contributed by atoms with van der Waals surface area (Å²) in [6, 6.07) is 12.3. The van der Waals surface area contributed by atoms with Crippen molar-refractivity contribution in [3.8, 4) is 5.75 Å². The highest BCUT2D eigenvalue weighted by atomic mass is 35.5. The lowest BCUT2D eigenvalue weighted by molar-refractivity contribution is -0.119. The molecule has 0 saturated carbocycles. The fourth-order valence-electron chi connectivity index (χ4n) is 2.73. The van der Waals surface area contributed by atoms with Gasteiger partial charge >= 0.3 is 0 Å². The lowest BCUT2D eigenvalue weighted by Gasteiger charge is -2.21. The average molecular weight is 465 g/mol. The number of benzene rings is 2. The van der Waals surface area contributed by atoms with E-state index in [4.69, 9.17) is 16.3 Å². The molecule has 1 aromatic heterocycles. The molecule has 8 nitrogen and oxygen atoms in total. The number of sulfonamides is 1. The van der Waals surface area contributed by atoms with Crippen molar-refractivity contribution in [2.24, 2.45) is 5.10 Å². The van der Waals surface area contributed by atoms with Gasteiger partial charge in [-0.3, -0.25) is 9.10 Å². The molecule has 0 unspecified atom stereocenters. The van der Waals surface area contributed by atoms with Crippen molar-refractivity contribution < 1.29 is 22.3 Å². The molecule has 1 amide bonds. The zero-order chi connectivity index (χ0) is 22.6. The average Bonchev–Trinajstić information content (AvgIpc) is 2.72. The smallest absolute Gasteiger partial charge is 0.260 e. The predicted molar refractivity (Wildman–Crippen MR) is 118 cm³/mol. The van der Waals surface area contributed by atoms with Gasteiger partial charge in [0.25, 0.3) is 5.91 Å². The maximum absolute atomic E-state index is 14.0. The fraction of sp³-hybridized carbons (Fsp3) is 0.150. The summed E-state index contributed by atoms with van der Waals surface area (Å²) >= 11 is 6.17. The Labute approximate surface area is 183 Å². The molecule has 3 rings (SSSR count). The van der Waals surface area contributed by atoms with E-state index in [0.29, 0.717) is 21.1 Å². The Morgan fingerprint density at radius 1 is 1.29 bits per heavy atom. The summed E-state index contributed by atoms with van der Waals surface area (Å²) in [6.45, 7) is -0.652. The van der Waals surface area contributed by atoms with Gasteiger partial charge in [0.05, 0.1) is 30.8 Å². The predicted octanol–water partition coefficient (Wildman–Crippen LogP) is 2.95. The molecule has 0 aliphatic heterocycles. The molecular weight excluding hydrogens is 447 g/mol. The molecule has 0 radical (unpaired) electrons. The number of amides is 1. The fourth-order valence-corrected chi connectivity index (χ4v) is 3.78. The number of nitrogens with zero attached hydrogens (tertiary/aromatic N) is 3. The molecular formula is C20H18ClFN4O4S. The number of aromatic nitrogens is 1. The molecule has 162 valence electrons. The highest BCUT2D eigenvalue weighted by Gasteiger charge is 2.23. The Hall–Kier alpha value is -3.24.